The number of benzene rings is 2. The molecule has 6 rings (SSSR count). The lowest BCUT2D eigenvalue weighted by Gasteiger charge is -2.34. The van der Waals surface area contributed by atoms with Crippen molar-refractivity contribution in [2.75, 3.05) is 121 Å². The van der Waals surface area contributed by atoms with E-state index in [4.69, 9.17) is 5.11 Å². The largest absolute Gasteiger partial charge is 0.395 e. The van der Waals surface area contributed by atoms with Gasteiger partial charge in [-0.3, -0.25) is 4.90 Å². The quantitative estimate of drug-likeness (QED) is 0.0798. The van der Waals surface area contributed by atoms with E-state index >= 15 is 0 Å². The highest BCUT2D eigenvalue weighted by Crippen LogP contribution is 2.26. The summed E-state index contributed by atoms with van der Waals surface area (Å²) in [5.41, 5.74) is 2.75. The molecular weight excluding hydrogens is 1170 g/mol. The van der Waals surface area contributed by atoms with Gasteiger partial charge in [-0.2, -0.15) is 0 Å². The van der Waals surface area contributed by atoms with Crippen molar-refractivity contribution in [2.24, 2.45) is 0 Å². The molecule has 13 heteroatoms. The Kier molecular flexibility index (Phi) is 74.0. The first-order valence-electron chi connectivity index (χ1n) is 38.3. The van der Waals surface area contributed by atoms with Crippen LogP contribution in [-0.4, -0.2) is 248 Å². The van der Waals surface area contributed by atoms with Crippen LogP contribution >= 0.6 is 0 Å². The van der Waals surface area contributed by atoms with Crippen molar-refractivity contribution in [3.8, 4) is 0 Å². The van der Waals surface area contributed by atoms with E-state index in [0.717, 1.165) is 62.9 Å². The topological polar surface area (TPSA) is 73.5 Å². The minimum Gasteiger partial charge on any atom is -0.395 e. The SMILES string of the molecule is C.CC(C)N(C)C1CC1.CC(C)N(C)CCF.CC(C)N(C)CCO.CC(C)N1CCC1.CC(C)N1CCCC1.CC(C)NC1CCC1.CC(C)NCc1ccccc1.CCCN(C)C(C)C.CCN(C)C(C)C.CCN(CC)C(C)C.CCN(Cc1ccccc1)C(C)C. The predicted molar refractivity (Wildman–Crippen MR) is 430 cm³/mol. The number of nitrogens with zero attached hydrogens (tertiary/aromatic N) is 9. The molecule has 95 heavy (non-hydrogen) atoms. The van der Waals surface area contributed by atoms with E-state index in [9.17, 15) is 4.39 Å². The van der Waals surface area contributed by atoms with Crippen LogP contribution in [0.25, 0.3) is 0 Å². The highest BCUT2D eigenvalue weighted by Gasteiger charge is 2.27. The van der Waals surface area contributed by atoms with E-state index in [1.165, 1.54) is 115 Å². The van der Waals surface area contributed by atoms with Crippen LogP contribution in [0.4, 0.5) is 4.39 Å². The van der Waals surface area contributed by atoms with Gasteiger partial charge in [0.1, 0.15) is 6.67 Å². The second kappa shape index (κ2) is 67.7. The molecular formula is C82H174FN11O. The molecule has 3 N–H and O–H groups in total. The summed E-state index contributed by atoms with van der Waals surface area (Å²) < 4.78 is 11.6. The third-order valence-corrected chi connectivity index (χ3v) is 18.1. The summed E-state index contributed by atoms with van der Waals surface area (Å²) in [6.45, 7) is 73.9. The van der Waals surface area contributed by atoms with Gasteiger partial charge < -0.3 is 54.9 Å². The van der Waals surface area contributed by atoms with E-state index in [0.29, 0.717) is 54.9 Å². The van der Waals surface area contributed by atoms with Gasteiger partial charge >= 0.3 is 0 Å². The number of likely N-dealkylation sites (N-methyl/N-ethyl adjacent to an activating group) is 1. The zero-order chi connectivity index (χ0) is 73.3. The van der Waals surface area contributed by atoms with Crippen molar-refractivity contribution in [3.05, 3.63) is 71.8 Å². The molecule has 0 unspecified atom stereocenters. The highest BCUT2D eigenvalue weighted by molar-refractivity contribution is 5.15. The van der Waals surface area contributed by atoms with Crippen LogP contribution in [0.2, 0.25) is 0 Å². The van der Waals surface area contributed by atoms with Crippen LogP contribution in [0, 0.1) is 0 Å². The maximum absolute atomic E-state index is 11.6. The van der Waals surface area contributed by atoms with Gasteiger partial charge in [0, 0.05) is 105 Å². The van der Waals surface area contributed by atoms with Crippen molar-refractivity contribution < 1.29 is 9.50 Å². The van der Waals surface area contributed by atoms with Gasteiger partial charge in [-0.1, -0.05) is 137 Å². The van der Waals surface area contributed by atoms with Gasteiger partial charge in [-0.05, 0) is 281 Å². The minimum atomic E-state index is -0.241. The van der Waals surface area contributed by atoms with Crippen molar-refractivity contribution in [3.63, 3.8) is 0 Å². The third-order valence-electron chi connectivity index (χ3n) is 18.1. The number of alkyl halides is 1. The smallest absolute Gasteiger partial charge is 0.102 e. The minimum absolute atomic E-state index is 0. The monoisotopic (exact) mass is 1350 g/mol. The lowest BCUT2D eigenvalue weighted by Crippen LogP contribution is -2.41. The molecule has 12 nitrogen and oxygen atoms in total. The van der Waals surface area contributed by atoms with E-state index < -0.39 is 0 Å². The predicted octanol–water partition coefficient (Wildman–Crippen LogP) is 17.8. The molecule has 2 aromatic carbocycles. The first-order valence-corrected chi connectivity index (χ1v) is 38.3. The zero-order valence-corrected chi connectivity index (χ0v) is 69.1. The molecule has 2 saturated heterocycles. The van der Waals surface area contributed by atoms with Gasteiger partial charge in [0.2, 0.25) is 0 Å². The summed E-state index contributed by atoms with van der Waals surface area (Å²) in [5, 5.41) is 15.3. The molecule has 0 atom stereocenters. The van der Waals surface area contributed by atoms with Crippen molar-refractivity contribution in [2.45, 2.75) is 344 Å². The molecule has 2 aromatic rings. The van der Waals surface area contributed by atoms with Gasteiger partial charge in [0.05, 0.1) is 6.61 Å². The second-order valence-corrected chi connectivity index (χ2v) is 29.5. The van der Waals surface area contributed by atoms with Gasteiger partial charge in [-0.25, -0.2) is 4.39 Å². The van der Waals surface area contributed by atoms with Crippen molar-refractivity contribution in [1.82, 2.24) is 54.7 Å². The fourth-order valence-electron chi connectivity index (χ4n) is 9.20. The van der Waals surface area contributed by atoms with Gasteiger partial charge in [0.25, 0.3) is 0 Å². The Labute approximate surface area is 597 Å². The van der Waals surface area contributed by atoms with Gasteiger partial charge in [-0.15, -0.1) is 0 Å². The standard InChI is InChI=1S/C12H19N.C10H15N.3C7H15N.2C7H17N.C6H14FN.C6H15NO.C6H13N.C6H15N.CH4/c1-4-13(11(2)3)10-12-8-6-5-7-9-12;1-9(2)11-8-10-6-4-3-5-7-10;1-6(2)8(3)7-4-5-7;1-7(2)8-5-3-4-6-8;1-6(2)8-7-4-3-5-7;1-5-6-8(4)7(2)3;1-5-8(6-2)7(3)4;1-6(2)8(3)5-4-7;1-6(2)7(3)4-5-8;1-6(2)7-4-3-5-7;1-5-7(4)6(2)3;/h5-9,11H,4,10H2,1-3H3;3-7,9,11H,8H2,1-2H3;6-7H,4-5H2,1-3H3;7H,3-6H2,1-2H3;6-8H,3-5H2,1-2H3;2*7H,5-6H2,1-4H3;6H,4-5H2,1-3H3;6,8H,4-5H2,1-3H3;6H,3-5H2,1-2H3;6H,5H2,1-4H3;1H4. The van der Waals surface area contributed by atoms with Crippen LogP contribution in [0.15, 0.2) is 60.7 Å². The maximum Gasteiger partial charge on any atom is 0.102 e. The average Bonchev–Trinajstić information content (AvgIpc) is 2.03. The number of hydrogen-bond donors (Lipinski definition) is 3. The Morgan fingerprint density at radius 3 is 1.01 bits per heavy atom. The summed E-state index contributed by atoms with van der Waals surface area (Å²) in [6.07, 6.45) is 12.6. The lowest BCUT2D eigenvalue weighted by atomic mass is 9.93. The molecule has 0 bridgehead atoms. The first-order chi connectivity index (χ1) is 44.1. The third kappa shape index (κ3) is 66.2. The van der Waals surface area contributed by atoms with E-state index in [2.05, 4.69) is 313 Å². The number of rotatable bonds is 27. The van der Waals surface area contributed by atoms with E-state index in [1.54, 1.807) is 0 Å². The normalized spacial score (nSPS) is 14.5. The Balaban J connectivity index is -0.000000230. The molecule has 2 saturated carbocycles. The molecule has 0 aromatic heterocycles. The summed E-state index contributed by atoms with van der Waals surface area (Å²) in [4.78, 5) is 21.0. The Hall–Kier alpha value is -2.11. The molecule has 570 valence electrons. The second-order valence-electron chi connectivity index (χ2n) is 29.5. The zero-order valence-electron chi connectivity index (χ0n) is 69.1. The lowest BCUT2D eigenvalue weighted by molar-refractivity contribution is 0.138. The molecule has 2 aliphatic carbocycles. The van der Waals surface area contributed by atoms with Crippen molar-refractivity contribution in [1.29, 1.82) is 0 Å². The maximum atomic E-state index is 11.6. The number of aliphatic hydroxyl groups is 1. The van der Waals surface area contributed by atoms with E-state index in [1.807, 2.05) is 25.1 Å². The number of halogens is 1. The molecule has 4 aliphatic rings. The molecule has 4 fully saturated rings. The molecule has 2 heterocycles. The molecule has 0 radical (unpaired) electrons. The summed E-state index contributed by atoms with van der Waals surface area (Å²) in [7, 11) is 10.4. The number of likely N-dealkylation sites (tertiary alicyclic amines) is 2. The number of aliphatic hydroxyl groups excluding tert-OH is 1. The van der Waals surface area contributed by atoms with Crippen LogP contribution in [0.1, 0.15) is 263 Å². The molecule has 2 aliphatic heterocycles. The fourth-order valence-corrected chi connectivity index (χ4v) is 9.20. The molecule has 0 spiro atoms. The Morgan fingerprint density at radius 1 is 0.442 bits per heavy atom. The summed E-state index contributed by atoms with van der Waals surface area (Å²) in [5.74, 6) is 0. The number of nitrogens with one attached hydrogen (secondary N) is 2. The van der Waals surface area contributed by atoms with Crippen LogP contribution in [-0.2, 0) is 13.1 Å². The van der Waals surface area contributed by atoms with Crippen LogP contribution in [0.3, 0.4) is 0 Å². The van der Waals surface area contributed by atoms with E-state index in [-0.39, 0.29) is 20.7 Å². The summed E-state index contributed by atoms with van der Waals surface area (Å²) in [6, 6.07) is 30.2. The fraction of sp³-hybridized carbons (Fsp3) is 0.854. The van der Waals surface area contributed by atoms with Gasteiger partial charge in [0.15, 0.2) is 0 Å². The molecule has 0 amide bonds. The van der Waals surface area contributed by atoms with Crippen molar-refractivity contribution >= 4 is 0 Å². The Morgan fingerprint density at radius 2 is 0.832 bits per heavy atom. The number of hydrogen-bond acceptors (Lipinski definition) is 12. The van der Waals surface area contributed by atoms with Crippen LogP contribution in [0.5, 0.6) is 0 Å². The Bertz CT molecular complexity index is 1720. The summed E-state index contributed by atoms with van der Waals surface area (Å²) >= 11 is 0. The average molecular weight is 1350 g/mol. The first kappa shape index (κ1) is 104. The van der Waals surface area contributed by atoms with Crippen LogP contribution < -0.4 is 10.6 Å². The highest BCUT2D eigenvalue weighted by atomic mass is 19.1.